The van der Waals surface area contributed by atoms with Crippen LogP contribution < -0.4 is 9.47 Å². The van der Waals surface area contributed by atoms with E-state index in [0.29, 0.717) is 47.8 Å². The van der Waals surface area contributed by atoms with Crippen molar-refractivity contribution in [2.45, 2.75) is 80.7 Å². The van der Waals surface area contributed by atoms with Crippen LogP contribution in [0.5, 0.6) is 11.5 Å². The van der Waals surface area contributed by atoms with Gasteiger partial charge in [0, 0.05) is 60.4 Å². The van der Waals surface area contributed by atoms with Crippen LogP contribution in [0.4, 0.5) is 14.9 Å². The van der Waals surface area contributed by atoms with E-state index in [1.807, 2.05) is 30.3 Å². The maximum Gasteiger partial charge on any atom is 0.410 e. The quantitative estimate of drug-likeness (QED) is 0.0239. The normalized spacial score (nSPS) is 22.3. The van der Waals surface area contributed by atoms with Gasteiger partial charge in [0.2, 0.25) is 5.79 Å². The Morgan fingerprint density at radius 2 is 1.73 bits per heavy atom. The highest BCUT2D eigenvalue weighted by Gasteiger charge is 2.65. The van der Waals surface area contributed by atoms with Crippen molar-refractivity contribution in [3.05, 3.63) is 154 Å². The number of fused-ring (bicyclic) bond motifs is 2. The topological polar surface area (TPSA) is 162 Å². The fourth-order valence-corrected chi connectivity index (χ4v) is 10.4. The van der Waals surface area contributed by atoms with E-state index in [9.17, 15) is 29.5 Å². The van der Waals surface area contributed by atoms with E-state index in [4.69, 9.17) is 28.9 Å². The van der Waals surface area contributed by atoms with Crippen LogP contribution in [-0.2, 0) is 27.5 Å². The molecule has 2 aliphatic carbocycles. The molecule has 0 unspecified atom stereocenters. The summed E-state index contributed by atoms with van der Waals surface area (Å²) >= 11 is 1.71. The van der Waals surface area contributed by atoms with Crippen molar-refractivity contribution in [3.8, 4) is 11.5 Å². The van der Waals surface area contributed by atoms with Gasteiger partial charge in [0.05, 0.1) is 36.9 Å². The van der Waals surface area contributed by atoms with E-state index in [1.54, 1.807) is 47.0 Å². The zero-order chi connectivity index (χ0) is 46.5. The molecule has 1 fully saturated rings. The molecule has 0 radical (unpaired) electrons. The van der Waals surface area contributed by atoms with Crippen molar-refractivity contribution in [1.82, 2.24) is 4.90 Å². The minimum atomic E-state index is -1.55. The Morgan fingerprint density at radius 3 is 2.42 bits per heavy atom. The summed E-state index contributed by atoms with van der Waals surface area (Å²) in [5.41, 5.74) is 3.56. The van der Waals surface area contributed by atoms with Gasteiger partial charge in [-0.05, 0) is 109 Å². The lowest BCUT2D eigenvalue weighted by atomic mass is 9.55. The SMILES string of the molecule is C=CCO[C@@]12Oc3ccc(OCCSc4ccccc4)cc3[C@H]3[C@H](CCCCO)[C@@H](CCCCO)C=C(C(=NOCc4ccc([N+](=O)[O-])cc4)C[C@@H]1N(Cc1ccc(F)cc1)C(=O)OC)[C@H]32. The van der Waals surface area contributed by atoms with Gasteiger partial charge >= 0.3 is 6.09 Å². The van der Waals surface area contributed by atoms with Gasteiger partial charge < -0.3 is 34.0 Å². The van der Waals surface area contributed by atoms with Gasteiger partial charge in [-0.2, -0.15) is 0 Å². The number of unbranched alkanes of at least 4 members (excludes halogenated alkanes) is 2. The van der Waals surface area contributed by atoms with Gasteiger partial charge in [0.1, 0.15) is 30.0 Å². The largest absolute Gasteiger partial charge is 0.493 e. The lowest BCUT2D eigenvalue weighted by molar-refractivity contribution is -0.384. The fraction of sp³-hybridized carbons (Fsp3) is 0.412. The number of amides is 1. The molecule has 3 aliphatic rings. The number of benzene rings is 4. The molecule has 0 saturated heterocycles. The van der Waals surface area contributed by atoms with Gasteiger partial charge in [-0.1, -0.05) is 60.5 Å². The Labute approximate surface area is 389 Å². The number of nitro groups is 1. The van der Waals surface area contributed by atoms with Crippen molar-refractivity contribution in [3.63, 3.8) is 0 Å². The van der Waals surface area contributed by atoms with Crippen LogP contribution in [0.15, 0.2) is 131 Å². The summed E-state index contributed by atoms with van der Waals surface area (Å²) < 4.78 is 40.5. The number of ether oxygens (including phenoxy) is 4. The average molecular weight is 924 g/mol. The summed E-state index contributed by atoms with van der Waals surface area (Å²) in [5.74, 6) is -0.922. The van der Waals surface area contributed by atoms with Gasteiger partial charge in [-0.25, -0.2) is 9.18 Å². The first-order valence-electron chi connectivity index (χ1n) is 22.5. The molecule has 1 heterocycles. The molecule has 4 aromatic carbocycles. The van der Waals surface area contributed by atoms with E-state index >= 15 is 0 Å². The third kappa shape index (κ3) is 11.3. The van der Waals surface area contributed by atoms with Gasteiger partial charge in [-0.3, -0.25) is 15.0 Å². The Bertz CT molecular complexity index is 2310. The molecule has 1 amide bonds. The van der Waals surface area contributed by atoms with Crippen molar-refractivity contribution in [2.75, 3.05) is 39.3 Å². The minimum absolute atomic E-state index is 0.00579. The summed E-state index contributed by atoms with van der Waals surface area (Å²) in [6.45, 7) is 4.64. The molecule has 6 atom stereocenters. The van der Waals surface area contributed by atoms with Crippen LogP contribution in [0.2, 0.25) is 0 Å². The highest BCUT2D eigenvalue weighted by atomic mass is 32.2. The molecule has 2 N–H and O–H groups in total. The molecule has 350 valence electrons. The van der Waals surface area contributed by atoms with E-state index in [2.05, 4.69) is 30.9 Å². The van der Waals surface area contributed by atoms with Crippen LogP contribution in [0, 0.1) is 33.7 Å². The number of thioether (sulfide) groups is 1. The maximum atomic E-state index is 14.3. The van der Waals surface area contributed by atoms with E-state index < -0.39 is 34.6 Å². The molecule has 1 saturated carbocycles. The lowest BCUT2D eigenvalue weighted by Crippen LogP contribution is -2.70. The molecule has 0 aromatic heterocycles. The highest BCUT2D eigenvalue weighted by Crippen LogP contribution is 2.62. The number of aliphatic hydroxyl groups is 2. The van der Waals surface area contributed by atoms with Gasteiger partial charge in [0.25, 0.3) is 5.69 Å². The Hall–Kier alpha value is -5.74. The third-order valence-corrected chi connectivity index (χ3v) is 13.6. The second-order valence-electron chi connectivity index (χ2n) is 16.7. The molecule has 66 heavy (non-hydrogen) atoms. The van der Waals surface area contributed by atoms with Gasteiger partial charge in [-0.15, -0.1) is 18.3 Å². The van der Waals surface area contributed by atoms with Crippen LogP contribution in [0.25, 0.3) is 0 Å². The molecule has 4 aromatic rings. The number of nitro benzene ring substituents is 1. The number of allylic oxidation sites excluding steroid dienone is 1. The number of oxime groups is 1. The second-order valence-corrected chi connectivity index (χ2v) is 17.9. The zero-order valence-corrected chi connectivity index (χ0v) is 38.0. The first-order chi connectivity index (χ1) is 32.2. The summed E-state index contributed by atoms with van der Waals surface area (Å²) in [5, 5.41) is 36.1. The third-order valence-electron chi connectivity index (χ3n) is 12.6. The average Bonchev–Trinajstić information content (AvgIpc) is 3.33. The number of methoxy groups -OCH3 is 1. The highest BCUT2D eigenvalue weighted by molar-refractivity contribution is 7.99. The number of rotatable bonds is 23. The number of nitrogens with zero attached hydrogens (tertiary/aromatic N) is 3. The molecular formula is C51H58FN3O10S. The lowest BCUT2D eigenvalue weighted by Gasteiger charge is -2.59. The summed E-state index contributed by atoms with van der Waals surface area (Å²) in [6, 6.07) is 27.1. The molecule has 7 rings (SSSR count). The van der Waals surface area contributed by atoms with E-state index in [0.717, 1.165) is 47.5 Å². The first kappa shape index (κ1) is 48.2. The molecule has 1 aliphatic heterocycles. The number of aliphatic hydroxyl groups excluding tert-OH is 2. The zero-order valence-electron chi connectivity index (χ0n) is 37.2. The number of halogens is 1. The smallest absolute Gasteiger partial charge is 0.410 e. The molecular weight excluding hydrogens is 866 g/mol. The van der Waals surface area contributed by atoms with Gasteiger partial charge in [0.15, 0.2) is 0 Å². The molecule has 13 nitrogen and oxygen atoms in total. The first-order valence-corrected chi connectivity index (χ1v) is 23.5. The maximum absolute atomic E-state index is 14.3. The van der Waals surface area contributed by atoms with Crippen LogP contribution in [0.1, 0.15) is 67.6 Å². The predicted molar refractivity (Wildman–Crippen MR) is 250 cm³/mol. The standard InChI is InChI=1S/C51H58FN3O10S/c1-3-27-63-51-47(54(50(58)61-2)33-35-15-19-38(52)20-16-35)32-45(53-64-34-36-17-21-39(22-18-36)55(59)60)43-30-37(11-7-9-25-56)42(14-8-10-26-57)48(49(43)51)44-31-40(23-24-46(44)65-51)62-28-29-66-41-12-5-4-6-13-41/h3-6,12-13,15-24,30-31,37,42,47-49,56-57H,1,7-11,14,25-29,32-34H2,2H3/t37-,42+,47-,48+,49+,51+/m0/s1. The van der Waals surface area contributed by atoms with Crippen molar-refractivity contribution >= 4 is 29.3 Å². The second kappa shape index (κ2) is 23.1. The van der Waals surface area contributed by atoms with Crippen LogP contribution in [0.3, 0.4) is 0 Å². The Kier molecular flexibility index (Phi) is 16.9. The Morgan fingerprint density at radius 1 is 1.00 bits per heavy atom. The summed E-state index contributed by atoms with van der Waals surface area (Å²) in [6.07, 6.45) is 7.58. The minimum Gasteiger partial charge on any atom is -0.493 e. The van der Waals surface area contributed by atoms with E-state index in [1.165, 1.54) is 31.4 Å². The predicted octanol–water partition coefficient (Wildman–Crippen LogP) is 10.0. The molecule has 0 spiro atoms. The van der Waals surface area contributed by atoms with Crippen molar-refractivity contribution in [2.24, 2.45) is 22.9 Å². The van der Waals surface area contributed by atoms with Crippen LogP contribution in [-0.4, -0.2) is 83.0 Å². The van der Waals surface area contributed by atoms with Crippen LogP contribution >= 0.6 is 11.8 Å². The molecule has 15 heteroatoms. The Balaban J connectivity index is 1.38. The summed E-state index contributed by atoms with van der Waals surface area (Å²) in [7, 11) is 1.31. The molecule has 0 bridgehead atoms. The number of non-ortho nitro benzene ring substituents is 1. The monoisotopic (exact) mass is 923 g/mol. The number of carbonyl (C=O) groups is 1. The number of hydrogen-bond donors (Lipinski definition) is 2. The van der Waals surface area contributed by atoms with Crippen molar-refractivity contribution in [1.29, 1.82) is 0 Å². The van der Waals surface area contributed by atoms with Crippen molar-refractivity contribution < 1.29 is 48.1 Å². The number of hydrogen-bond acceptors (Lipinski definition) is 12. The number of carbonyl (C=O) groups excluding carboxylic acids is 1. The summed E-state index contributed by atoms with van der Waals surface area (Å²) in [4.78, 5) is 34.0. The fourth-order valence-electron chi connectivity index (χ4n) is 9.68. The van der Waals surface area contributed by atoms with E-state index in [-0.39, 0.29) is 62.8 Å².